The van der Waals surface area contributed by atoms with Gasteiger partial charge in [0.25, 0.3) is 0 Å². The molecule has 0 radical (unpaired) electrons. The normalized spacial score (nSPS) is 25.2. The monoisotopic (exact) mass is 341 g/mol. The molecule has 1 amide bonds. The predicted molar refractivity (Wildman–Crippen MR) is 92.0 cm³/mol. The minimum atomic E-state index is -0.914. The molecule has 2 heterocycles. The molecule has 1 N–H and O–H groups in total. The number of carboxylic acid groups (broad SMARTS) is 1. The number of aryl methyl sites for hydroxylation is 1. The highest BCUT2D eigenvalue weighted by molar-refractivity contribution is 7.10. The second kappa shape index (κ2) is 5.74. The van der Waals surface area contributed by atoms with E-state index in [-0.39, 0.29) is 17.7 Å². The van der Waals surface area contributed by atoms with Crippen molar-refractivity contribution in [1.29, 1.82) is 0 Å². The van der Waals surface area contributed by atoms with E-state index >= 15 is 0 Å². The van der Waals surface area contributed by atoms with Crippen LogP contribution in [0.25, 0.3) is 0 Å². The van der Waals surface area contributed by atoms with Crippen LogP contribution in [0.3, 0.4) is 0 Å². The average Bonchev–Trinajstić information content (AvgIpc) is 3.26. The molecule has 1 aromatic heterocycles. The van der Waals surface area contributed by atoms with Crippen molar-refractivity contribution >= 4 is 23.2 Å². The summed E-state index contributed by atoms with van der Waals surface area (Å²) in [5.41, 5.74) is 3.34. The topological polar surface area (TPSA) is 57.6 Å². The average molecular weight is 341 g/mol. The molecule has 5 heteroatoms. The summed E-state index contributed by atoms with van der Waals surface area (Å²) in [6.07, 6.45) is 1.23. The number of rotatable bonds is 3. The number of carboxylic acids is 1. The molecule has 0 spiro atoms. The van der Waals surface area contributed by atoms with Crippen LogP contribution < -0.4 is 0 Å². The minimum Gasteiger partial charge on any atom is -0.480 e. The summed E-state index contributed by atoms with van der Waals surface area (Å²) in [6, 6.07) is 9.14. The molecule has 2 aromatic rings. The highest BCUT2D eigenvalue weighted by Crippen LogP contribution is 2.51. The molecule has 124 valence electrons. The van der Waals surface area contributed by atoms with Gasteiger partial charge in [0.15, 0.2) is 0 Å². The third kappa shape index (κ3) is 2.53. The van der Waals surface area contributed by atoms with Crippen LogP contribution in [0.2, 0.25) is 0 Å². The number of fused-ring (bicyclic) bond motifs is 1. The number of hydrogen-bond acceptors (Lipinski definition) is 3. The Balaban J connectivity index is 1.57. The van der Waals surface area contributed by atoms with Crippen molar-refractivity contribution in [3.05, 3.63) is 57.3 Å². The number of aliphatic carboxylic acids is 1. The first-order chi connectivity index (χ1) is 11.6. The van der Waals surface area contributed by atoms with Crippen molar-refractivity contribution in [2.24, 2.45) is 5.92 Å². The summed E-state index contributed by atoms with van der Waals surface area (Å²) < 4.78 is 0. The first-order valence-corrected chi connectivity index (χ1v) is 9.08. The zero-order valence-electron chi connectivity index (χ0n) is 13.4. The highest BCUT2D eigenvalue weighted by Gasteiger charge is 2.49. The lowest BCUT2D eigenvalue weighted by atomic mass is 9.93. The first-order valence-electron chi connectivity index (χ1n) is 8.20. The lowest BCUT2D eigenvalue weighted by Crippen LogP contribution is -2.49. The molecular weight excluding hydrogens is 322 g/mol. The first kappa shape index (κ1) is 15.4. The van der Waals surface area contributed by atoms with Gasteiger partial charge in [-0.3, -0.25) is 4.79 Å². The molecule has 1 aromatic carbocycles. The summed E-state index contributed by atoms with van der Waals surface area (Å²) in [5, 5.41) is 11.6. The Kier molecular flexibility index (Phi) is 3.68. The van der Waals surface area contributed by atoms with Gasteiger partial charge < -0.3 is 10.0 Å². The van der Waals surface area contributed by atoms with Gasteiger partial charge in [-0.1, -0.05) is 24.3 Å². The maximum atomic E-state index is 13.0. The molecule has 1 fully saturated rings. The fourth-order valence-corrected chi connectivity index (χ4v) is 4.82. The molecule has 4 rings (SSSR count). The Labute approximate surface area is 144 Å². The highest BCUT2D eigenvalue weighted by atomic mass is 32.1. The van der Waals surface area contributed by atoms with Gasteiger partial charge >= 0.3 is 5.97 Å². The van der Waals surface area contributed by atoms with Gasteiger partial charge in [0, 0.05) is 29.7 Å². The Morgan fingerprint density at radius 2 is 1.96 bits per heavy atom. The smallest absolute Gasteiger partial charge is 0.326 e. The number of hydrogen-bond donors (Lipinski definition) is 1. The van der Waals surface area contributed by atoms with Crippen LogP contribution in [0, 0.1) is 12.8 Å². The van der Waals surface area contributed by atoms with E-state index in [4.69, 9.17) is 0 Å². The number of benzene rings is 1. The van der Waals surface area contributed by atoms with Crippen LogP contribution in [-0.4, -0.2) is 27.9 Å². The van der Waals surface area contributed by atoms with Gasteiger partial charge in [0.05, 0.1) is 0 Å². The second-order valence-electron chi connectivity index (χ2n) is 6.71. The lowest BCUT2D eigenvalue weighted by Gasteiger charge is -2.34. The van der Waals surface area contributed by atoms with E-state index in [9.17, 15) is 14.7 Å². The van der Waals surface area contributed by atoms with Gasteiger partial charge in [-0.25, -0.2) is 4.79 Å². The quantitative estimate of drug-likeness (QED) is 0.933. The van der Waals surface area contributed by atoms with Crippen LogP contribution in [0.5, 0.6) is 0 Å². The third-order valence-electron chi connectivity index (χ3n) is 5.16. The zero-order valence-corrected chi connectivity index (χ0v) is 14.3. The second-order valence-corrected chi connectivity index (χ2v) is 7.66. The van der Waals surface area contributed by atoms with Crippen LogP contribution in [-0.2, 0) is 22.6 Å². The lowest BCUT2D eigenvalue weighted by molar-refractivity contribution is -0.152. The summed E-state index contributed by atoms with van der Waals surface area (Å²) in [5.74, 6) is -0.712. The molecule has 4 nitrogen and oxygen atoms in total. The molecule has 1 saturated carbocycles. The molecular formula is C19H19NO3S. The van der Waals surface area contributed by atoms with Crippen LogP contribution in [0.15, 0.2) is 35.7 Å². The fourth-order valence-electron chi connectivity index (χ4n) is 3.71. The van der Waals surface area contributed by atoms with Crippen molar-refractivity contribution in [3.8, 4) is 0 Å². The molecule has 0 saturated heterocycles. The number of thiophene rings is 1. The third-order valence-corrected chi connectivity index (χ3v) is 6.31. The summed E-state index contributed by atoms with van der Waals surface area (Å²) >= 11 is 1.70. The Morgan fingerprint density at radius 1 is 1.21 bits per heavy atom. The van der Waals surface area contributed by atoms with Crippen LogP contribution in [0.4, 0.5) is 0 Å². The zero-order chi connectivity index (χ0) is 16.8. The van der Waals surface area contributed by atoms with E-state index in [1.807, 2.05) is 24.3 Å². The Hall–Kier alpha value is -2.14. The number of carbonyl (C=O) groups excluding carboxylic acids is 1. The maximum absolute atomic E-state index is 13.0. The van der Waals surface area contributed by atoms with Crippen LogP contribution in [0.1, 0.15) is 33.9 Å². The summed E-state index contributed by atoms with van der Waals surface area (Å²) in [6.45, 7) is 2.47. The Bertz CT molecular complexity index is 812. The molecule has 1 aliphatic carbocycles. The van der Waals surface area contributed by atoms with Gasteiger partial charge in [-0.05, 0) is 41.5 Å². The van der Waals surface area contributed by atoms with Gasteiger partial charge in [0.2, 0.25) is 5.91 Å². The van der Waals surface area contributed by atoms with Crippen LogP contribution >= 0.6 is 11.3 Å². The number of amides is 1. The molecule has 1 aliphatic heterocycles. The largest absolute Gasteiger partial charge is 0.480 e. The molecule has 0 unspecified atom stereocenters. The predicted octanol–water partition coefficient (Wildman–Crippen LogP) is 3.20. The minimum absolute atomic E-state index is 0.00490. The SMILES string of the molecule is Cc1ccsc1[C@@H]1C[C@H]1C(=O)N1Cc2ccccc2C[C@H]1C(=O)O. The van der Waals surface area contributed by atoms with Crippen molar-refractivity contribution in [2.75, 3.05) is 0 Å². The molecule has 2 aliphatic rings. The maximum Gasteiger partial charge on any atom is 0.326 e. The number of nitrogens with zero attached hydrogens (tertiary/aromatic N) is 1. The molecule has 24 heavy (non-hydrogen) atoms. The van der Waals surface area contributed by atoms with Gasteiger partial charge in [-0.15, -0.1) is 11.3 Å². The summed E-state index contributed by atoms with van der Waals surface area (Å²) in [4.78, 5) is 27.5. The van der Waals surface area contributed by atoms with E-state index in [0.29, 0.717) is 13.0 Å². The van der Waals surface area contributed by atoms with E-state index in [2.05, 4.69) is 18.4 Å². The van der Waals surface area contributed by atoms with E-state index in [0.717, 1.165) is 17.5 Å². The van der Waals surface area contributed by atoms with E-state index < -0.39 is 12.0 Å². The molecule has 0 bridgehead atoms. The van der Waals surface area contributed by atoms with Gasteiger partial charge in [-0.2, -0.15) is 0 Å². The van der Waals surface area contributed by atoms with Crippen molar-refractivity contribution in [2.45, 2.75) is 38.3 Å². The number of carbonyl (C=O) groups is 2. The van der Waals surface area contributed by atoms with Crippen molar-refractivity contribution in [3.63, 3.8) is 0 Å². The van der Waals surface area contributed by atoms with E-state index in [1.54, 1.807) is 16.2 Å². The Morgan fingerprint density at radius 3 is 2.62 bits per heavy atom. The molecule has 3 atom stereocenters. The van der Waals surface area contributed by atoms with Crippen molar-refractivity contribution in [1.82, 2.24) is 4.90 Å². The van der Waals surface area contributed by atoms with E-state index in [1.165, 1.54) is 10.4 Å². The standard InChI is InChI=1S/C19H19NO3S/c1-11-6-7-24-17(11)14-9-15(14)18(21)20-10-13-5-3-2-4-12(13)8-16(20)19(22)23/h2-7,14-16H,8-10H2,1H3,(H,22,23)/t14-,15-,16+/m1/s1. The van der Waals surface area contributed by atoms with Crippen molar-refractivity contribution < 1.29 is 14.7 Å². The summed E-state index contributed by atoms with van der Waals surface area (Å²) in [7, 11) is 0. The van der Waals surface area contributed by atoms with Gasteiger partial charge in [0.1, 0.15) is 6.04 Å². The fraction of sp³-hybridized carbons (Fsp3) is 0.368.